The average Bonchev–Trinajstić information content (AvgIpc) is 2.81. The molecule has 0 aromatic heterocycles. The van der Waals surface area contributed by atoms with Crippen LogP contribution >= 0.6 is 0 Å². The number of unbranched alkanes of at least 4 members (excludes halogenated alkanes) is 4. The van der Waals surface area contributed by atoms with Crippen LogP contribution in [0.1, 0.15) is 83.8 Å². The fraction of sp³-hybridized carbons (Fsp3) is 0.433. The van der Waals surface area contributed by atoms with Gasteiger partial charge in [-0.25, -0.2) is 0 Å². The highest BCUT2D eigenvalue weighted by atomic mass is 16.1. The Kier molecular flexibility index (Phi) is 8.90. The SMILES string of the molecule is CCCCCCCC(=O)C(C)CC1NC(C)=C(c2ccccc2)C(c2ccccc2)=C1C. The number of carbonyl (C=O) groups excluding carboxylic acids is 1. The largest absolute Gasteiger partial charge is 0.382 e. The summed E-state index contributed by atoms with van der Waals surface area (Å²) >= 11 is 0. The minimum absolute atomic E-state index is 0.0664. The maximum atomic E-state index is 12.8. The van der Waals surface area contributed by atoms with E-state index in [1.54, 1.807) is 0 Å². The van der Waals surface area contributed by atoms with E-state index in [1.165, 1.54) is 59.2 Å². The van der Waals surface area contributed by atoms with Crippen molar-refractivity contribution in [2.45, 2.75) is 78.7 Å². The summed E-state index contributed by atoms with van der Waals surface area (Å²) in [5.41, 5.74) is 7.54. The van der Waals surface area contributed by atoms with Gasteiger partial charge < -0.3 is 5.32 Å². The van der Waals surface area contributed by atoms with Crippen molar-refractivity contribution in [2.75, 3.05) is 0 Å². The number of carbonyl (C=O) groups is 1. The van der Waals surface area contributed by atoms with Crippen LogP contribution in [-0.2, 0) is 4.79 Å². The molecule has 1 N–H and O–H groups in total. The zero-order chi connectivity index (χ0) is 22.9. The van der Waals surface area contributed by atoms with E-state index >= 15 is 0 Å². The van der Waals surface area contributed by atoms with Crippen LogP contribution in [0.2, 0.25) is 0 Å². The van der Waals surface area contributed by atoms with Crippen molar-refractivity contribution >= 4 is 16.9 Å². The Hall–Kier alpha value is -2.61. The summed E-state index contributed by atoms with van der Waals surface area (Å²) in [6, 6.07) is 21.5. The first kappa shape index (κ1) is 24.0. The van der Waals surface area contributed by atoms with Crippen LogP contribution in [0.15, 0.2) is 71.9 Å². The van der Waals surface area contributed by atoms with E-state index in [2.05, 4.69) is 93.7 Å². The predicted octanol–water partition coefficient (Wildman–Crippen LogP) is 7.82. The first-order valence-corrected chi connectivity index (χ1v) is 12.3. The molecule has 0 saturated heterocycles. The van der Waals surface area contributed by atoms with Crippen molar-refractivity contribution in [1.82, 2.24) is 5.32 Å². The van der Waals surface area contributed by atoms with Crippen molar-refractivity contribution in [3.05, 3.63) is 83.1 Å². The maximum Gasteiger partial charge on any atom is 0.135 e. The van der Waals surface area contributed by atoms with Gasteiger partial charge in [-0.05, 0) is 49.0 Å². The minimum Gasteiger partial charge on any atom is -0.382 e. The highest BCUT2D eigenvalue weighted by molar-refractivity contribution is 6.08. The molecule has 2 heteroatoms. The van der Waals surface area contributed by atoms with Crippen LogP contribution in [0.3, 0.4) is 0 Å². The maximum absolute atomic E-state index is 12.8. The Labute approximate surface area is 194 Å². The highest BCUT2D eigenvalue weighted by Crippen LogP contribution is 2.40. The van der Waals surface area contributed by atoms with Crippen LogP contribution in [0, 0.1) is 5.92 Å². The molecule has 0 spiro atoms. The molecule has 0 saturated carbocycles. The van der Waals surface area contributed by atoms with E-state index in [1.807, 2.05) is 0 Å². The Bertz CT molecular complexity index is 939. The molecule has 2 atom stereocenters. The van der Waals surface area contributed by atoms with E-state index in [-0.39, 0.29) is 12.0 Å². The first-order chi connectivity index (χ1) is 15.5. The molecule has 2 unspecified atom stereocenters. The second-order valence-corrected chi connectivity index (χ2v) is 9.25. The van der Waals surface area contributed by atoms with Gasteiger partial charge >= 0.3 is 0 Å². The van der Waals surface area contributed by atoms with E-state index in [0.717, 1.165) is 19.3 Å². The van der Waals surface area contributed by atoms with Gasteiger partial charge in [0.05, 0.1) is 0 Å². The molecule has 0 bridgehead atoms. The van der Waals surface area contributed by atoms with Gasteiger partial charge in [0.15, 0.2) is 0 Å². The van der Waals surface area contributed by atoms with Crippen LogP contribution in [0.5, 0.6) is 0 Å². The zero-order valence-electron chi connectivity index (χ0n) is 20.3. The summed E-state index contributed by atoms with van der Waals surface area (Å²) in [7, 11) is 0. The lowest BCUT2D eigenvalue weighted by Crippen LogP contribution is -2.36. The number of rotatable bonds is 11. The Morgan fingerprint density at radius 1 is 0.844 bits per heavy atom. The van der Waals surface area contributed by atoms with Gasteiger partial charge in [0.2, 0.25) is 0 Å². The second kappa shape index (κ2) is 11.9. The van der Waals surface area contributed by atoms with Crippen molar-refractivity contribution in [1.29, 1.82) is 0 Å². The third kappa shape index (κ3) is 6.00. The molecule has 2 aromatic carbocycles. The molecule has 32 heavy (non-hydrogen) atoms. The van der Waals surface area contributed by atoms with Gasteiger partial charge in [-0.1, -0.05) is 100 Å². The molecule has 0 amide bonds. The monoisotopic (exact) mass is 429 g/mol. The number of dihydropyridines is 1. The number of hydrogen-bond donors (Lipinski definition) is 1. The summed E-state index contributed by atoms with van der Waals surface area (Å²) < 4.78 is 0. The van der Waals surface area contributed by atoms with Gasteiger partial charge in [-0.15, -0.1) is 0 Å². The second-order valence-electron chi connectivity index (χ2n) is 9.25. The van der Waals surface area contributed by atoms with Crippen molar-refractivity contribution in [3.8, 4) is 0 Å². The zero-order valence-corrected chi connectivity index (χ0v) is 20.3. The quantitative estimate of drug-likeness (QED) is 0.369. The summed E-state index contributed by atoms with van der Waals surface area (Å²) in [6.45, 7) is 8.74. The lowest BCUT2D eigenvalue weighted by atomic mass is 9.80. The molecule has 0 fully saturated rings. The van der Waals surface area contributed by atoms with Crippen LogP contribution < -0.4 is 5.32 Å². The summed E-state index contributed by atoms with van der Waals surface area (Å²) in [5.74, 6) is 0.476. The molecular formula is C30H39NO. The van der Waals surface area contributed by atoms with E-state index in [0.29, 0.717) is 5.78 Å². The van der Waals surface area contributed by atoms with Crippen molar-refractivity contribution in [2.24, 2.45) is 5.92 Å². The number of nitrogens with one attached hydrogen (secondary N) is 1. The van der Waals surface area contributed by atoms with Gasteiger partial charge in [0, 0.05) is 29.7 Å². The molecule has 3 rings (SSSR count). The van der Waals surface area contributed by atoms with E-state index in [9.17, 15) is 4.79 Å². The van der Waals surface area contributed by atoms with Gasteiger partial charge in [0.25, 0.3) is 0 Å². The van der Waals surface area contributed by atoms with E-state index in [4.69, 9.17) is 0 Å². The number of ketones is 1. The molecule has 0 radical (unpaired) electrons. The van der Waals surface area contributed by atoms with E-state index < -0.39 is 0 Å². The van der Waals surface area contributed by atoms with Crippen LogP contribution in [0.4, 0.5) is 0 Å². The fourth-order valence-corrected chi connectivity index (χ4v) is 4.81. The normalized spacial score (nSPS) is 17.3. The predicted molar refractivity (Wildman–Crippen MR) is 137 cm³/mol. The Morgan fingerprint density at radius 2 is 1.41 bits per heavy atom. The standard InChI is InChI=1S/C30H39NO/c1-5-6-7-8-15-20-28(32)22(2)21-27-23(3)29(25-16-11-9-12-17-25)30(24(4)31-27)26-18-13-10-14-19-26/h9-14,16-19,22,27,31H,5-8,15,20-21H2,1-4H3. The van der Waals surface area contributed by atoms with Crippen molar-refractivity contribution in [3.63, 3.8) is 0 Å². The fourth-order valence-electron chi connectivity index (χ4n) is 4.81. The lowest BCUT2D eigenvalue weighted by molar-refractivity contribution is -0.122. The number of allylic oxidation sites excluding steroid dienone is 3. The molecule has 0 aliphatic carbocycles. The van der Waals surface area contributed by atoms with Gasteiger partial charge in [-0.2, -0.15) is 0 Å². The molecule has 2 aromatic rings. The molecular weight excluding hydrogens is 390 g/mol. The lowest BCUT2D eigenvalue weighted by Gasteiger charge is -2.33. The van der Waals surface area contributed by atoms with Gasteiger partial charge in [0.1, 0.15) is 5.78 Å². The van der Waals surface area contributed by atoms with Crippen LogP contribution in [-0.4, -0.2) is 11.8 Å². The Balaban J connectivity index is 1.81. The molecule has 1 heterocycles. The molecule has 2 nitrogen and oxygen atoms in total. The third-order valence-corrected chi connectivity index (χ3v) is 6.72. The molecule has 170 valence electrons. The summed E-state index contributed by atoms with van der Waals surface area (Å²) in [4.78, 5) is 12.8. The Morgan fingerprint density at radius 3 is 2.00 bits per heavy atom. The third-order valence-electron chi connectivity index (χ3n) is 6.72. The average molecular weight is 430 g/mol. The number of Topliss-reactive ketones (excluding diaryl/α,β-unsaturated/α-hetero) is 1. The smallest absolute Gasteiger partial charge is 0.135 e. The van der Waals surface area contributed by atoms with Crippen molar-refractivity contribution < 1.29 is 4.79 Å². The molecule has 1 aliphatic heterocycles. The first-order valence-electron chi connectivity index (χ1n) is 12.3. The topological polar surface area (TPSA) is 29.1 Å². The minimum atomic E-state index is 0.0664. The number of benzene rings is 2. The summed E-state index contributed by atoms with van der Waals surface area (Å²) in [5, 5.41) is 3.75. The number of hydrogen-bond acceptors (Lipinski definition) is 2. The van der Waals surface area contributed by atoms with Crippen LogP contribution in [0.25, 0.3) is 11.1 Å². The summed E-state index contributed by atoms with van der Waals surface area (Å²) in [6.07, 6.45) is 7.53. The molecule has 1 aliphatic rings. The highest BCUT2D eigenvalue weighted by Gasteiger charge is 2.28. The van der Waals surface area contributed by atoms with Gasteiger partial charge in [-0.3, -0.25) is 4.79 Å².